The Morgan fingerprint density at radius 2 is 1.89 bits per heavy atom. The number of H-pyrrole nitrogens is 2. The van der Waals surface area contributed by atoms with Gasteiger partial charge in [-0.2, -0.15) is 10.2 Å². The molecule has 0 aliphatic heterocycles. The maximum absolute atomic E-state index is 4.93. The van der Waals surface area contributed by atoms with Gasteiger partial charge in [0, 0.05) is 22.5 Å². The monoisotopic (exact) mass is 367 g/mol. The number of aryl methyl sites for hydroxylation is 1. The predicted octanol–water partition coefficient (Wildman–Crippen LogP) is 4.14. The first kappa shape index (κ1) is 15.4. The molecule has 1 aliphatic carbocycles. The summed E-state index contributed by atoms with van der Waals surface area (Å²) in [7, 11) is 0. The molecule has 0 atom stereocenters. The summed E-state index contributed by atoms with van der Waals surface area (Å²) in [6.07, 6.45) is 4.18. The molecule has 0 amide bonds. The van der Waals surface area contributed by atoms with Crippen molar-refractivity contribution in [1.82, 2.24) is 35.3 Å². The van der Waals surface area contributed by atoms with Crippen molar-refractivity contribution in [1.29, 1.82) is 0 Å². The Morgan fingerprint density at radius 3 is 2.71 bits per heavy atom. The van der Waals surface area contributed by atoms with Crippen LogP contribution < -0.4 is 0 Å². The van der Waals surface area contributed by atoms with E-state index in [1.165, 1.54) is 23.8 Å². The predicted molar refractivity (Wildman–Crippen MR) is 107 cm³/mol. The second kappa shape index (κ2) is 5.69. The van der Waals surface area contributed by atoms with Gasteiger partial charge in [0.05, 0.1) is 16.9 Å². The Labute approximate surface area is 160 Å². The Morgan fingerprint density at radius 1 is 0.964 bits per heavy atom. The first-order valence-electron chi connectivity index (χ1n) is 9.40. The van der Waals surface area contributed by atoms with E-state index in [9.17, 15) is 0 Å². The van der Waals surface area contributed by atoms with E-state index in [2.05, 4.69) is 48.6 Å². The second-order valence-electron chi connectivity index (χ2n) is 7.32. The number of benzene rings is 1. The number of fused-ring (bicyclic) bond motifs is 2. The van der Waals surface area contributed by atoms with Crippen molar-refractivity contribution in [2.75, 3.05) is 0 Å². The summed E-state index contributed by atoms with van der Waals surface area (Å²) in [6, 6.07) is 12.4. The largest absolute Gasteiger partial charge is 0.273 e. The molecule has 5 aromatic rings. The van der Waals surface area contributed by atoms with Gasteiger partial charge in [-0.3, -0.25) is 10.2 Å². The van der Waals surface area contributed by atoms with Crippen LogP contribution in [0, 0.1) is 6.92 Å². The van der Waals surface area contributed by atoms with Crippen molar-refractivity contribution in [3.05, 3.63) is 54.0 Å². The molecule has 2 N–H and O–H groups in total. The van der Waals surface area contributed by atoms with Crippen LogP contribution in [0.2, 0.25) is 0 Å². The fraction of sp³-hybridized carbons (Fsp3) is 0.190. The molecule has 28 heavy (non-hydrogen) atoms. The van der Waals surface area contributed by atoms with Crippen LogP contribution in [0.25, 0.3) is 44.7 Å². The van der Waals surface area contributed by atoms with Gasteiger partial charge >= 0.3 is 0 Å². The number of rotatable bonds is 3. The third kappa shape index (κ3) is 2.40. The molecule has 6 rings (SSSR count). The van der Waals surface area contributed by atoms with E-state index in [4.69, 9.17) is 4.98 Å². The molecule has 4 heterocycles. The lowest BCUT2D eigenvalue weighted by atomic mass is 10.00. The number of aromatic nitrogens is 7. The Hall–Kier alpha value is -3.61. The molecule has 1 saturated carbocycles. The van der Waals surface area contributed by atoms with Gasteiger partial charge in [0.2, 0.25) is 0 Å². The first-order chi connectivity index (χ1) is 13.8. The molecule has 136 valence electrons. The van der Waals surface area contributed by atoms with Gasteiger partial charge < -0.3 is 0 Å². The summed E-state index contributed by atoms with van der Waals surface area (Å²) in [4.78, 5) is 13.7. The zero-order valence-corrected chi connectivity index (χ0v) is 15.3. The van der Waals surface area contributed by atoms with Crippen molar-refractivity contribution in [2.24, 2.45) is 0 Å². The van der Waals surface area contributed by atoms with Crippen molar-refractivity contribution < 1.29 is 0 Å². The fourth-order valence-corrected chi connectivity index (χ4v) is 3.77. The molecule has 7 heteroatoms. The number of nitrogens with zero attached hydrogens (tertiary/aromatic N) is 5. The van der Waals surface area contributed by atoms with Gasteiger partial charge in [0.1, 0.15) is 5.82 Å². The summed E-state index contributed by atoms with van der Waals surface area (Å²) in [6.45, 7) is 1.91. The lowest BCUT2D eigenvalue weighted by molar-refractivity contribution is 1.04. The zero-order valence-electron chi connectivity index (χ0n) is 15.3. The number of pyridine rings is 2. The average Bonchev–Trinajstić information content (AvgIpc) is 3.33. The highest BCUT2D eigenvalue weighted by atomic mass is 15.2. The van der Waals surface area contributed by atoms with Gasteiger partial charge in [-0.1, -0.05) is 0 Å². The molecule has 0 bridgehead atoms. The SMILES string of the molecule is Cc1nc(-c2ccc3nc(-c4[nH]nc5ncccc45)cc(C4CC4)c3c2)n[nH]1. The molecule has 0 radical (unpaired) electrons. The van der Waals surface area contributed by atoms with Crippen LogP contribution in [-0.2, 0) is 0 Å². The minimum Gasteiger partial charge on any atom is -0.273 e. The van der Waals surface area contributed by atoms with E-state index in [1.54, 1.807) is 6.20 Å². The quantitative estimate of drug-likeness (QED) is 0.499. The second-order valence-corrected chi connectivity index (χ2v) is 7.32. The molecule has 7 nitrogen and oxygen atoms in total. The van der Waals surface area contributed by atoms with Gasteiger partial charge in [-0.15, -0.1) is 0 Å². The lowest BCUT2D eigenvalue weighted by Gasteiger charge is -2.09. The van der Waals surface area contributed by atoms with Crippen molar-refractivity contribution in [3.63, 3.8) is 0 Å². The van der Waals surface area contributed by atoms with Gasteiger partial charge in [0.25, 0.3) is 0 Å². The lowest BCUT2D eigenvalue weighted by Crippen LogP contribution is -1.93. The normalized spacial score (nSPS) is 14.2. The highest BCUT2D eigenvalue weighted by Gasteiger charge is 2.27. The maximum Gasteiger partial charge on any atom is 0.181 e. The highest BCUT2D eigenvalue weighted by molar-refractivity contribution is 5.94. The number of nitrogens with one attached hydrogen (secondary N) is 2. The van der Waals surface area contributed by atoms with Crippen molar-refractivity contribution in [2.45, 2.75) is 25.7 Å². The third-order valence-electron chi connectivity index (χ3n) is 5.30. The van der Waals surface area contributed by atoms with Crippen LogP contribution in [-0.4, -0.2) is 35.3 Å². The molecule has 4 aromatic heterocycles. The zero-order chi connectivity index (χ0) is 18.7. The van der Waals surface area contributed by atoms with Crippen LogP contribution >= 0.6 is 0 Å². The van der Waals surface area contributed by atoms with Gasteiger partial charge in [-0.25, -0.2) is 15.0 Å². The summed E-state index contributed by atoms with van der Waals surface area (Å²) in [5.41, 5.74) is 5.85. The van der Waals surface area contributed by atoms with Gasteiger partial charge in [0.15, 0.2) is 11.5 Å². The molecular formula is C21H17N7. The Bertz CT molecular complexity index is 1340. The summed E-state index contributed by atoms with van der Waals surface area (Å²) < 4.78 is 0. The van der Waals surface area contributed by atoms with E-state index >= 15 is 0 Å². The van der Waals surface area contributed by atoms with E-state index in [-0.39, 0.29) is 0 Å². The fourth-order valence-electron chi connectivity index (χ4n) is 3.77. The minimum absolute atomic E-state index is 0.584. The first-order valence-corrected chi connectivity index (χ1v) is 9.40. The number of aromatic amines is 2. The van der Waals surface area contributed by atoms with E-state index in [0.717, 1.165) is 39.5 Å². The molecule has 0 saturated heterocycles. The van der Waals surface area contributed by atoms with E-state index in [0.29, 0.717) is 11.6 Å². The maximum atomic E-state index is 4.93. The minimum atomic E-state index is 0.584. The molecule has 0 unspecified atom stereocenters. The van der Waals surface area contributed by atoms with E-state index in [1.807, 2.05) is 25.1 Å². The van der Waals surface area contributed by atoms with E-state index < -0.39 is 0 Å². The van der Waals surface area contributed by atoms with Crippen LogP contribution in [0.15, 0.2) is 42.6 Å². The standard InChI is InChI=1S/C21H17N7/c1-11-23-20(27-25-11)13-6-7-17-16(9-13)15(12-4-5-12)10-18(24-17)19-14-3-2-8-22-21(14)28-26-19/h2-3,6-10,12H,4-5H2,1H3,(H,22,26,28)(H,23,25,27). The molecule has 1 fully saturated rings. The molecule has 1 aliphatic rings. The summed E-state index contributed by atoms with van der Waals surface area (Å²) >= 11 is 0. The van der Waals surface area contributed by atoms with Crippen LogP contribution in [0.1, 0.15) is 30.1 Å². The number of hydrogen-bond acceptors (Lipinski definition) is 5. The Kier molecular flexibility index (Phi) is 3.14. The number of hydrogen-bond donors (Lipinski definition) is 2. The Balaban J connectivity index is 1.57. The smallest absolute Gasteiger partial charge is 0.181 e. The van der Waals surface area contributed by atoms with Crippen molar-refractivity contribution >= 4 is 21.9 Å². The topological polar surface area (TPSA) is 96.0 Å². The summed E-state index contributed by atoms with van der Waals surface area (Å²) in [5, 5.41) is 16.8. The van der Waals surface area contributed by atoms with Crippen molar-refractivity contribution in [3.8, 4) is 22.8 Å². The molecule has 0 spiro atoms. The molecular weight excluding hydrogens is 350 g/mol. The summed E-state index contributed by atoms with van der Waals surface area (Å²) in [5.74, 6) is 2.11. The molecule has 1 aromatic carbocycles. The third-order valence-corrected chi connectivity index (χ3v) is 5.30. The van der Waals surface area contributed by atoms with Crippen LogP contribution in [0.5, 0.6) is 0 Å². The van der Waals surface area contributed by atoms with Gasteiger partial charge in [-0.05, 0) is 67.6 Å². The van der Waals surface area contributed by atoms with Crippen LogP contribution in [0.4, 0.5) is 0 Å². The highest BCUT2D eigenvalue weighted by Crippen LogP contribution is 2.44. The van der Waals surface area contributed by atoms with Crippen LogP contribution in [0.3, 0.4) is 0 Å². The average molecular weight is 367 g/mol.